The van der Waals surface area contributed by atoms with Gasteiger partial charge in [-0.25, -0.2) is 0 Å². The van der Waals surface area contributed by atoms with Gasteiger partial charge in [-0.15, -0.1) is 8.46 Å². The Kier molecular flexibility index (Phi) is 6.06. The van der Waals surface area contributed by atoms with Gasteiger partial charge in [0.15, 0.2) is 0 Å². The van der Waals surface area contributed by atoms with Gasteiger partial charge in [0, 0.05) is 0 Å². The van der Waals surface area contributed by atoms with Gasteiger partial charge in [-0.3, -0.25) is 0 Å². The minimum Gasteiger partial charge on any atom is -0.140 e. The Morgan fingerprint density at radius 1 is 1.13 bits per heavy atom. The van der Waals surface area contributed by atoms with Crippen LogP contribution in [0.1, 0.15) is 52.4 Å². The van der Waals surface area contributed by atoms with Crippen LogP contribution in [-0.4, -0.2) is 5.75 Å². The van der Waals surface area contributed by atoms with Crippen LogP contribution in [0.4, 0.5) is 0 Å². The third kappa shape index (κ3) is 4.36. The molecule has 1 unspecified atom stereocenters. The van der Waals surface area contributed by atoms with Crippen molar-refractivity contribution < 1.29 is 0 Å². The summed E-state index contributed by atoms with van der Waals surface area (Å²) in [4.78, 5) is 1.54. The second-order valence-corrected chi connectivity index (χ2v) is 10.5. The minimum absolute atomic E-state index is 0.682. The number of rotatable bonds is 7. The predicted molar refractivity (Wildman–Crippen MR) is 77.7 cm³/mol. The van der Waals surface area contributed by atoms with Gasteiger partial charge >= 0.3 is 0 Å². The van der Waals surface area contributed by atoms with Gasteiger partial charge in [0.1, 0.15) is 0 Å². The first-order chi connectivity index (χ1) is 7.19. The maximum absolute atomic E-state index is 3.92. The number of unbranched alkanes of at least 4 members (excludes halogenated alkanes) is 5. The topological polar surface area (TPSA) is 0 Å². The summed E-state index contributed by atoms with van der Waals surface area (Å²) in [6, 6.07) is 0. The summed E-state index contributed by atoms with van der Waals surface area (Å²) < 4.78 is 0. The van der Waals surface area contributed by atoms with Crippen LogP contribution < -0.4 is 0 Å². The van der Waals surface area contributed by atoms with Crippen molar-refractivity contribution in [2.24, 2.45) is 0 Å². The van der Waals surface area contributed by atoms with E-state index < -0.39 is 8.46 Å². The molecular formula is C13H23BrS. The number of halogens is 1. The molecule has 15 heavy (non-hydrogen) atoms. The first kappa shape index (κ1) is 13.4. The highest BCUT2D eigenvalue weighted by Crippen LogP contribution is 2.66. The molecule has 0 aromatic rings. The Morgan fingerprint density at radius 2 is 1.80 bits per heavy atom. The van der Waals surface area contributed by atoms with Crippen LogP contribution in [0.25, 0.3) is 0 Å². The smallest absolute Gasteiger partial charge is 0.00628 e. The van der Waals surface area contributed by atoms with E-state index in [9.17, 15) is 0 Å². The SMILES string of the molecule is CCCCCCCCS1(Br)C=CC=C1C. The van der Waals surface area contributed by atoms with Crippen LogP contribution in [0, 0.1) is 0 Å². The van der Waals surface area contributed by atoms with Crippen molar-refractivity contribution in [3.8, 4) is 0 Å². The van der Waals surface area contributed by atoms with Crippen LogP contribution in [0.2, 0.25) is 0 Å². The second-order valence-electron chi connectivity index (χ2n) is 4.28. The highest BCUT2D eigenvalue weighted by molar-refractivity contribution is 9.59. The fraction of sp³-hybridized carbons (Fsp3) is 0.692. The van der Waals surface area contributed by atoms with Crippen LogP contribution in [0.3, 0.4) is 0 Å². The van der Waals surface area contributed by atoms with Gasteiger partial charge < -0.3 is 0 Å². The average molecular weight is 291 g/mol. The number of hydrogen-bond donors (Lipinski definition) is 0. The van der Waals surface area contributed by atoms with Crippen molar-refractivity contribution in [2.45, 2.75) is 52.4 Å². The lowest BCUT2D eigenvalue weighted by Crippen LogP contribution is -1.94. The molecule has 1 rings (SSSR count). The fourth-order valence-electron chi connectivity index (χ4n) is 1.84. The molecule has 0 N–H and O–H groups in total. The van der Waals surface area contributed by atoms with Crippen LogP contribution in [0.15, 0.2) is 22.5 Å². The lowest BCUT2D eigenvalue weighted by Gasteiger charge is -2.28. The summed E-state index contributed by atoms with van der Waals surface area (Å²) in [5, 5.41) is 2.37. The van der Waals surface area contributed by atoms with E-state index in [2.05, 4.69) is 46.2 Å². The third-order valence-corrected chi connectivity index (χ3v) is 8.78. The summed E-state index contributed by atoms with van der Waals surface area (Å²) in [5.74, 6) is 1.33. The molecule has 0 aromatic carbocycles. The zero-order valence-electron chi connectivity index (χ0n) is 9.97. The molecule has 1 aliphatic rings. The number of hydrogen-bond acceptors (Lipinski definition) is 0. The Bertz CT molecular complexity index is 245. The van der Waals surface area contributed by atoms with Crippen LogP contribution >= 0.6 is 23.3 Å². The maximum Gasteiger partial charge on any atom is -0.00628 e. The van der Waals surface area contributed by atoms with Crippen molar-refractivity contribution >= 4 is 23.3 Å². The van der Waals surface area contributed by atoms with E-state index >= 15 is 0 Å². The summed E-state index contributed by atoms with van der Waals surface area (Å²) in [6.45, 7) is 4.52. The Balaban J connectivity index is 2.10. The molecule has 0 aromatic heterocycles. The standard InChI is InChI=1S/C13H23BrS/c1-3-4-5-6-7-8-11-15(14)12-9-10-13(15)2/h9-10,12H,3-8,11H2,1-2H3. The fourth-order valence-corrected chi connectivity index (χ4v) is 5.15. The van der Waals surface area contributed by atoms with Crippen molar-refractivity contribution in [3.63, 3.8) is 0 Å². The molecule has 0 amide bonds. The third-order valence-electron chi connectivity index (χ3n) is 2.96. The molecule has 0 spiro atoms. The lowest BCUT2D eigenvalue weighted by molar-refractivity contribution is 0.627. The normalized spacial score (nSPS) is 28.9. The van der Waals surface area contributed by atoms with E-state index in [0.717, 1.165) is 0 Å². The predicted octanol–water partition coefficient (Wildman–Crippen LogP) is 5.89. The Labute approximate surface area is 104 Å². The van der Waals surface area contributed by atoms with Gasteiger partial charge in [0.05, 0.1) is 0 Å². The van der Waals surface area contributed by atoms with E-state index in [1.807, 2.05) is 0 Å². The molecule has 0 saturated carbocycles. The summed E-state index contributed by atoms with van der Waals surface area (Å²) >= 11 is 3.92. The van der Waals surface area contributed by atoms with Gasteiger partial charge in [0.2, 0.25) is 0 Å². The molecule has 0 nitrogen and oxygen atoms in total. The van der Waals surface area contributed by atoms with E-state index in [4.69, 9.17) is 0 Å². The summed E-state index contributed by atoms with van der Waals surface area (Å²) in [6.07, 6.45) is 12.8. The largest absolute Gasteiger partial charge is 0.140 e. The van der Waals surface area contributed by atoms with Crippen molar-refractivity contribution in [3.05, 3.63) is 22.5 Å². The monoisotopic (exact) mass is 290 g/mol. The molecule has 88 valence electrons. The van der Waals surface area contributed by atoms with E-state index in [0.29, 0.717) is 0 Å². The number of allylic oxidation sites excluding steroid dienone is 3. The molecule has 0 bridgehead atoms. The molecule has 0 radical (unpaired) electrons. The minimum atomic E-state index is -0.682. The quantitative estimate of drug-likeness (QED) is 0.513. The molecule has 2 heteroatoms. The molecule has 0 saturated heterocycles. The molecule has 0 aliphatic carbocycles. The first-order valence-corrected chi connectivity index (χ1v) is 9.75. The van der Waals surface area contributed by atoms with Gasteiger partial charge in [0.25, 0.3) is 0 Å². The molecule has 0 fully saturated rings. The zero-order chi connectivity index (χ0) is 11.1. The second kappa shape index (κ2) is 6.80. The van der Waals surface area contributed by atoms with Crippen LogP contribution in [-0.2, 0) is 0 Å². The Morgan fingerprint density at radius 3 is 2.40 bits per heavy atom. The maximum atomic E-state index is 3.92. The summed E-state index contributed by atoms with van der Waals surface area (Å²) in [7, 11) is -0.682. The van der Waals surface area contributed by atoms with Crippen molar-refractivity contribution in [1.29, 1.82) is 0 Å². The van der Waals surface area contributed by atoms with Crippen LogP contribution in [0.5, 0.6) is 0 Å². The zero-order valence-corrected chi connectivity index (χ0v) is 12.4. The van der Waals surface area contributed by atoms with Crippen molar-refractivity contribution in [2.75, 3.05) is 5.75 Å². The van der Waals surface area contributed by atoms with E-state index in [1.54, 1.807) is 0 Å². The van der Waals surface area contributed by atoms with Gasteiger partial charge in [-0.1, -0.05) is 51.2 Å². The summed E-state index contributed by atoms with van der Waals surface area (Å²) in [5.41, 5.74) is 0. The molecule has 1 heterocycles. The Hall–Kier alpha value is 0.310. The molecular weight excluding hydrogens is 268 g/mol. The lowest BCUT2D eigenvalue weighted by atomic mass is 10.1. The van der Waals surface area contributed by atoms with E-state index in [1.165, 1.54) is 49.2 Å². The molecule has 1 atom stereocenters. The average Bonchev–Trinajstić information content (AvgIpc) is 2.54. The first-order valence-electron chi connectivity index (χ1n) is 6.05. The van der Waals surface area contributed by atoms with E-state index in [-0.39, 0.29) is 0 Å². The highest BCUT2D eigenvalue weighted by atomic mass is 79.9. The molecule has 1 aliphatic heterocycles. The van der Waals surface area contributed by atoms with Crippen molar-refractivity contribution in [1.82, 2.24) is 0 Å². The van der Waals surface area contributed by atoms with Gasteiger partial charge in [-0.05, 0) is 44.2 Å². The highest BCUT2D eigenvalue weighted by Gasteiger charge is 2.21. The van der Waals surface area contributed by atoms with Gasteiger partial charge in [-0.2, -0.15) is 0 Å².